The predicted octanol–water partition coefficient (Wildman–Crippen LogP) is 2.19. The van der Waals surface area contributed by atoms with Crippen molar-refractivity contribution in [2.45, 2.75) is 37.6 Å². The van der Waals surface area contributed by atoms with Crippen molar-refractivity contribution in [3.05, 3.63) is 48.5 Å². The van der Waals surface area contributed by atoms with E-state index >= 15 is 0 Å². The Bertz CT molecular complexity index is 1020. The second-order valence-corrected chi connectivity index (χ2v) is 10.1. The van der Waals surface area contributed by atoms with Gasteiger partial charge in [0.2, 0.25) is 10.0 Å². The van der Waals surface area contributed by atoms with Gasteiger partial charge in [-0.1, -0.05) is 12.1 Å². The molecule has 0 aliphatic carbocycles. The first kappa shape index (κ1) is 20.7. The fraction of sp³-hybridized carbons (Fsp3) is 0.476. The molecule has 2 aliphatic heterocycles. The Morgan fingerprint density at radius 1 is 1.17 bits per heavy atom. The maximum atomic E-state index is 13.4. The van der Waals surface area contributed by atoms with Crippen molar-refractivity contribution < 1.29 is 17.9 Å². The van der Waals surface area contributed by atoms with Crippen molar-refractivity contribution in [3.63, 3.8) is 0 Å². The molecule has 1 aromatic heterocycles. The van der Waals surface area contributed by atoms with E-state index in [1.165, 1.54) is 18.6 Å². The van der Waals surface area contributed by atoms with Crippen molar-refractivity contribution in [1.82, 2.24) is 19.2 Å². The molecular formula is C21H26N4O4S. The molecule has 160 valence electrons. The first-order valence-electron chi connectivity index (χ1n) is 10.1. The standard InChI is InChI=1S/C21H26N4O4S/c1-16(2)25-14-21(15-29-18-5-3-4-6-19(18)30(25,27)28)7-11-24(12-8-21)20(26)17-13-22-9-10-23-17/h3-6,9-10,13,16H,7-8,11-12,14-15H2,1-2H3. The number of hydrogen-bond acceptors (Lipinski definition) is 6. The zero-order valence-electron chi connectivity index (χ0n) is 17.2. The number of amides is 1. The number of para-hydroxylation sites is 1. The molecule has 4 rings (SSSR count). The summed E-state index contributed by atoms with van der Waals surface area (Å²) in [6, 6.07) is 6.62. The Labute approximate surface area is 176 Å². The Kier molecular flexibility index (Phi) is 5.50. The van der Waals surface area contributed by atoms with Crippen molar-refractivity contribution in [3.8, 4) is 5.75 Å². The normalized spacial score (nSPS) is 20.8. The van der Waals surface area contributed by atoms with E-state index in [2.05, 4.69) is 9.97 Å². The van der Waals surface area contributed by atoms with Crippen LogP contribution in [0.3, 0.4) is 0 Å². The largest absolute Gasteiger partial charge is 0.492 e. The molecule has 0 unspecified atom stereocenters. The van der Waals surface area contributed by atoms with Crippen LogP contribution in [0.25, 0.3) is 0 Å². The summed E-state index contributed by atoms with van der Waals surface area (Å²) in [7, 11) is -3.68. The zero-order chi connectivity index (χ0) is 21.4. The number of piperidine rings is 1. The Balaban J connectivity index is 1.59. The van der Waals surface area contributed by atoms with Crippen molar-refractivity contribution in [1.29, 1.82) is 0 Å². The highest BCUT2D eigenvalue weighted by Gasteiger charge is 2.44. The molecule has 0 N–H and O–H groups in total. The summed E-state index contributed by atoms with van der Waals surface area (Å²) in [6.07, 6.45) is 5.81. The maximum Gasteiger partial charge on any atom is 0.274 e. The molecular weight excluding hydrogens is 404 g/mol. The molecule has 1 amide bonds. The summed E-state index contributed by atoms with van der Waals surface area (Å²) in [5, 5.41) is 0. The maximum absolute atomic E-state index is 13.4. The molecule has 0 saturated carbocycles. The summed E-state index contributed by atoms with van der Waals surface area (Å²) >= 11 is 0. The number of carbonyl (C=O) groups is 1. The third kappa shape index (κ3) is 3.79. The van der Waals surface area contributed by atoms with Gasteiger partial charge >= 0.3 is 0 Å². The second kappa shape index (κ2) is 7.96. The zero-order valence-corrected chi connectivity index (χ0v) is 18.0. The lowest BCUT2D eigenvalue weighted by Gasteiger charge is -2.45. The molecule has 1 saturated heterocycles. The third-order valence-corrected chi connectivity index (χ3v) is 7.99. The van der Waals surface area contributed by atoms with Crippen LogP contribution in [0.1, 0.15) is 37.2 Å². The molecule has 0 radical (unpaired) electrons. The summed E-state index contributed by atoms with van der Waals surface area (Å²) in [4.78, 5) is 22.8. The van der Waals surface area contributed by atoms with E-state index in [0.717, 1.165) is 0 Å². The highest BCUT2D eigenvalue weighted by Crippen LogP contribution is 2.40. The quantitative estimate of drug-likeness (QED) is 0.725. The molecule has 2 aromatic rings. The van der Waals surface area contributed by atoms with Crippen molar-refractivity contribution in [2.75, 3.05) is 26.2 Å². The van der Waals surface area contributed by atoms with E-state index in [1.807, 2.05) is 13.8 Å². The van der Waals surface area contributed by atoms with Crippen LogP contribution in [0, 0.1) is 5.41 Å². The minimum absolute atomic E-state index is 0.150. The Morgan fingerprint density at radius 2 is 1.90 bits per heavy atom. The molecule has 8 nitrogen and oxygen atoms in total. The average molecular weight is 431 g/mol. The van der Waals surface area contributed by atoms with E-state index in [-0.39, 0.29) is 22.3 Å². The van der Waals surface area contributed by atoms with Crippen LogP contribution in [0.5, 0.6) is 5.75 Å². The number of sulfonamides is 1. The second-order valence-electron chi connectivity index (χ2n) is 8.26. The highest BCUT2D eigenvalue weighted by molar-refractivity contribution is 7.89. The number of carbonyl (C=O) groups excluding carboxylic acids is 1. The van der Waals surface area contributed by atoms with Crippen LogP contribution in [-0.2, 0) is 10.0 Å². The summed E-state index contributed by atoms with van der Waals surface area (Å²) < 4.78 is 34.3. The highest BCUT2D eigenvalue weighted by atomic mass is 32.2. The number of nitrogens with zero attached hydrogens (tertiary/aromatic N) is 4. The van der Waals surface area contributed by atoms with E-state index in [0.29, 0.717) is 50.5 Å². The molecule has 3 heterocycles. The Morgan fingerprint density at radius 3 is 2.57 bits per heavy atom. The van der Waals surface area contributed by atoms with Crippen LogP contribution in [0.4, 0.5) is 0 Å². The molecule has 0 atom stereocenters. The fourth-order valence-corrected chi connectivity index (χ4v) is 6.00. The number of likely N-dealkylation sites (tertiary alicyclic amines) is 1. The van der Waals surface area contributed by atoms with Crippen molar-refractivity contribution in [2.24, 2.45) is 5.41 Å². The van der Waals surface area contributed by atoms with E-state index in [1.54, 1.807) is 33.5 Å². The van der Waals surface area contributed by atoms with E-state index in [9.17, 15) is 13.2 Å². The summed E-state index contributed by atoms with van der Waals surface area (Å²) in [6.45, 7) is 5.61. The van der Waals surface area contributed by atoms with Gasteiger partial charge in [0.15, 0.2) is 0 Å². The first-order valence-corrected chi connectivity index (χ1v) is 11.6. The van der Waals surface area contributed by atoms with Gasteiger partial charge in [0, 0.05) is 43.5 Å². The van der Waals surface area contributed by atoms with Gasteiger partial charge in [-0.05, 0) is 38.8 Å². The Hall–Kier alpha value is -2.52. The van der Waals surface area contributed by atoms with Gasteiger partial charge in [-0.3, -0.25) is 9.78 Å². The molecule has 9 heteroatoms. The molecule has 1 aromatic carbocycles. The smallest absolute Gasteiger partial charge is 0.274 e. The minimum atomic E-state index is -3.68. The van der Waals surface area contributed by atoms with Gasteiger partial charge in [-0.15, -0.1) is 0 Å². The topological polar surface area (TPSA) is 92.7 Å². The van der Waals surface area contributed by atoms with Gasteiger partial charge in [0.1, 0.15) is 16.3 Å². The minimum Gasteiger partial charge on any atom is -0.492 e. The molecule has 0 bridgehead atoms. The van der Waals surface area contributed by atoms with Crippen LogP contribution in [-0.4, -0.2) is 65.8 Å². The van der Waals surface area contributed by atoms with Gasteiger partial charge in [-0.2, -0.15) is 4.31 Å². The summed E-state index contributed by atoms with van der Waals surface area (Å²) in [5.41, 5.74) is -0.0352. The number of aromatic nitrogens is 2. The van der Waals surface area contributed by atoms with Crippen LogP contribution in [0.2, 0.25) is 0 Å². The van der Waals surface area contributed by atoms with Gasteiger partial charge in [0.25, 0.3) is 5.91 Å². The molecule has 30 heavy (non-hydrogen) atoms. The van der Waals surface area contributed by atoms with Gasteiger partial charge in [0.05, 0.1) is 12.8 Å². The monoisotopic (exact) mass is 430 g/mol. The number of ether oxygens (including phenoxy) is 1. The van der Waals surface area contributed by atoms with Gasteiger partial charge < -0.3 is 9.64 Å². The van der Waals surface area contributed by atoms with Crippen LogP contribution < -0.4 is 4.74 Å². The summed E-state index contributed by atoms with van der Waals surface area (Å²) in [5.74, 6) is 0.240. The fourth-order valence-electron chi connectivity index (χ4n) is 4.12. The molecule has 2 aliphatic rings. The van der Waals surface area contributed by atoms with Crippen LogP contribution in [0.15, 0.2) is 47.8 Å². The lowest BCUT2D eigenvalue weighted by atomic mass is 9.78. The number of benzene rings is 1. The van der Waals surface area contributed by atoms with Crippen LogP contribution >= 0.6 is 0 Å². The van der Waals surface area contributed by atoms with Gasteiger partial charge in [-0.25, -0.2) is 13.4 Å². The SMILES string of the molecule is CC(C)N1CC2(CCN(C(=O)c3cnccn3)CC2)COc2ccccc2S1(=O)=O. The average Bonchev–Trinajstić information content (AvgIpc) is 2.76. The van der Waals surface area contributed by atoms with E-state index < -0.39 is 10.0 Å². The first-order chi connectivity index (χ1) is 14.3. The number of rotatable bonds is 2. The predicted molar refractivity (Wildman–Crippen MR) is 111 cm³/mol. The van der Waals surface area contributed by atoms with E-state index in [4.69, 9.17) is 4.74 Å². The number of fused-ring (bicyclic) bond motifs is 1. The molecule has 1 fully saturated rings. The van der Waals surface area contributed by atoms with Crippen molar-refractivity contribution >= 4 is 15.9 Å². The third-order valence-electron chi connectivity index (χ3n) is 5.93. The molecule has 1 spiro atoms. The number of hydrogen-bond donors (Lipinski definition) is 0. The lowest BCUT2D eigenvalue weighted by molar-refractivity contribution is 0.0267. The lowest BCUT2D eigenvalue weighted by Crippen LogP contribution is -2.53.